The van der Waals surface area contributed by atoms with E-state index in [-0.39, 0.29) is 18.2 Å². The van der Waals surface area contributed by atoms with Crippen LogP contribution in [0.1, 0.15) is 32.2 Å². The minimum atomic E-state index is -0.498. The van der Waals surface area contributed by atoms with E-state index < -0.39 is 5.97 Å². The number of tetrazole rings is 1. The molecule has 27 heavy (non-hydrogen) atoms. The number of carbonyl (C=O) groups excluding carboxylic acids is 2. The molecule has 2 N–H and O–H groups in total. The maximum Gasteiger partial charge on any atom is 0.341 e. The number of ether oxygens (including phenoxy) is 1. The van der Waals surface area contributed by atoms with Crippen LogP contribution < -0.4 is 5.32 Å². The van der Waals surface area contributed by atoms with E-state index in [1.54, 1.807) is 0 Å². The quantitative estimate of drug-likeness (QED) is 0.654. The SMILES string of the molecule is COC(=O)c1c(NC(=O)Cc2nn[nH]n2)sc(C)c1-c1ccc(C)c(C)c1. The lowest BCUT2D eigenvalue weighted by Gasteiger charge is -2.09. The summed E-state index contributed by atoms with van der Waals surface area (Å²) >= 11 is 1.33. The average Bonchev–Trinajstić information content (AvgIpc) is 3.24. The third-order valence-corrected chi connectivity index (χ3v) is 5.25. The van der Waals surface area contributed by atoms with Crippen LogP contribution in [0.15, 0.2) is 18.2 Å². The third-order valence-electron chi connectivity index (χ3n) is 4.23. The Labute approximate surface area is 160 Å². The number of aryl methyl sites for hydroxylation is 3. The van der Waals surface area contributed by atoms with Crippen molar-refractivity contribution in [3.8, 4) is 11.1 Å². The summed E-state index contributed by atoms with van der Waals surface area (Å²) in [7, 11) is 1.32. The number of carbonyl (C=O) groups is 2. The molecule has 0 aliphatic carbocycles. The molecule has 1 amide bonds. The summed E-state index contributed by atoms with van der Waals surface area (Å²) in [4.78, 5) is 25.7. The molecule has 0 spiro atoms. The van der Waals surface area contributed by atoms with Crippen LogP contribution in [0, 0.1) is 20.8 Å². The lowest BCUT2D eigenvalue weighted by Crippen LogP contribution is -2.17. The van der Waals surface area contributed by atoms with Gasteiger partial charge in [-0.05, 0) is 37.5 Å². The molecular weight excluding hydrogens is 366 g/mol. The highest BCUT2D eigenvalue weighted by Gasteiger charge is 2.25. The molecule has 0 aliphatic rings. The van der Waals surface area contributed by atoms with E-state index in [9.17, 15) is 9.59 Å². The van der Waals surface area contributed by atoms with Gasteiger partial charge in [-0.1, -0.05) is 23.4 Å². The standard InChI is InChI=1S/C18H19N5O3S/c1-9-5-6-12(7-10(9)2)15-11(3)27-17(16(15)18(25)26-4)19-14(24)8-13-20-22-23-21-13/h5-7H,8H2,1-4H3,(H,19,24)(H,20,21,22,23). The number of benzene rings is 1. The summed E-state index contributed by atoms with van der Waals surface area (Å²) in [6.45, 7) is 5.97. The Morgan fingerprint density at radius 3 is 2.63 bits per heavy atom. The fraction of sp³-hybridized carbons (Fsp3) is 0.278. The van der Waals surface area contributed by atoms with E-state index in [0.717, 1.165) is 21.6 Å². The second kappa shape index (κ2) is 7.67. The van der Waals surface area contributed by atoms with Gasteiger partial charge >= 0.3 is 5.97 Å². The molecule has 3 aromatic rings. The molecule has 2 aromatic heterocycles. The van der Waals surface area contributed by atoms with Crippen molar-refractivity contribution in [1.82, 2.24) is 20.6 Å². The minimum absolute atomic E-state index is 0.0486. The molecule has 0 saturated carbocycles. The van der Waals surface area contributed by atoms with Crippen LogP contribution in [0.5, 0.6) is 0 Å². The molecule has 140 valence electrons. The number of anilines is 1. The van der Waals surface area contributed by atoms with E-state index >= 15 is 0 Å². The van der Waals surface area contributed by atoms with Crippen LogP contribution in [-0.4, -0.2) is 39.6 Å². The molecule has 0 bridgehead atoms. The molecule has 8 nitrogen and oxygen atoms in total. The van der Waals surface area contributed by atoms with Crippen LogP contribution in [0.4, 0.5) is 5.00 Å². The van der Waals surface area contributed by atoms with Gasteiger partial charge < -0.3 is 10.1 Å². The van der Waals surface area contributed by atoms with E-state index in [1.165, 1.54) is 24.0 Å². The molecule has 1 aromatic carbocycles. The fourth-order valence-electron chi connectivity index (χ4n) is 2.75. The Morgan fingerprint density at radius 2 is 2.00 bits per heavy atom. The maximum absolute atomic E-state index is 12.5. The molecule has 0 atom stereocenters. The molecular formula is C18H19N5O3S. The van der Waals surface area contributed by atoms with E-state index in [1.807, 2.05) is 39.0 Å². The topological polar surface area (TPSA) is 110 Å². The maximum atomic E-state index is 12.5. The Kier molecular flexibility index (Phi) is 5.31. The molecule has 0 saturated heterocycles. The second-order valence-electron chi connectivity index (χ2n) is 6.08. The number of amides is 1. The Bertz CT molecular complexity index is 995. The van der Waals surface area contributed by atoms with E-state index in [2.05, 4.69) is 25.9 Å². The van der Waals surface area contributed by atoms with Crippen molar-refractivity contribution < 1.29 is 14.3 Å². The van der Waals surface area contributed by atoms with Crippen molar-refractivity contribution in [2.24, 2.45) is 0 Å². The normalized spacial score (nSPS) is 10.7. The molecule has 0 radical (unpaired) electrons. The van der Waals surface area contributed by atoms with Gasteiger partial charge in [-0.2, -0.15) is 5.21 Å². The zero-order valence-corrected chi connectivity index (χ0v) is 16.2. The number of thiophene rings is 1. The summed E-state index contributed by atoms with van der Waals surface area (Å²) in [6, 6.07) is 6.01. The van der Waals surface area contributed by atoms with Gasteiger partial charge in [-0.25, -0.2) is 4.79 Å². The van der Waals surface area contributed by atoms with Crippen LogP contribution in [0.2, 0.25) is 0 Å². The van der Waals surface area contributed by atoms with Gasteiger partial charge in [0.15, 0.2) is 5.82 Å². The summed E-state index contributed by atoms with van der Waals surface area (Å²) in [5.74, 6) is -0.563. The highest BCUT2D eigenvalue weighted by Crippen LogP contribution is 2.40. The zero-order chi connectivity index (χ0) is 19.6. The summed E-state index contributed by atoms with van der Waals surface area (Å²) in [5.41, 5.74) is 4.32. The second-order valence-corrected chi connectivity index (χ2v) is 7.31. The molecule has 0 fully saturated rings. The van der Waals surface area contributed by atoms with Crippen LogP contribution in [-0.2, 0) is 16.0 Å². The highest BCUT2D eigenvalue weighted by atomic mass is 32.1. The highest BCUT2D eigenvalue weighted by molar-refractivity contribution is 7.17. The van der Waals surface area contributed by atoms with Gasteiger partial charge in [0.25, 0.3) is 0 Å². The monoisotopic (exact) mass is 385 g/mol. The number of methoxy groups -OCH3 is 1. The molecule has 9 heteroatoms. The number of H-pyrrole nitrogens is 1. The van der Waals surface area contributed by atoms with Gasteiger partial charge in [-0.3, -0.25) is 4.79 Å². The number of hydrogen-bond acceptors (Lipinski definition) is 7. The van der Waals surface area contributed by atoms with Crippen molar-refractivity contribution >= 4 is 28.2 Å². The van der Waals surface area contributed by atoms with Gasteiger partial charge in [0, 0.05) is 10.4 Å². The lowest BCUT2D eigenvalue weighted by molar-refractivity contribution is -0.115. The lowest BCUT2D eigenvalue weighted by atomic mass is 9.97. The fourth-order valence-corrected chi connectivity index (χ4v) is 3.83. The minimum Gasteiger partial charge on any atom is -0.465 e. The molecule has 2 heterocycles. The van der Waals surface area contributed by atoms with Gasteiger partial charge in [0.05, 0.1) is 13.5 Å². The number of rotatable bonds is 5. The van der Waals surface area contributed by atoms with Crippen molar-refractivity contribution in [3.05, 3.63) is 45.6 Å². The smallest absolute Gasteiger partial charge is 0.341 e. The molecule has 0 unspecified atom stereocenters. The molecule has 3 rings (SSSR count). The number of esters is 1. The van der Waals surface area contributed by atoms with Crippen molar-refractivity contribution in [1.29, 1.82) is 0 Å². The van der Waals surface area contributed by atoms with Crippen molar-refractivity contribution in [2.75, 3.05) is 12.4 Å². The molecule has 0 aliphatic heterocycles. The number of hydrogen-bond donors (Lipinski definition) is 2. The first kappa shape index (κ1) is 18.7. The first-order valence-corrected chi connectivity index (χ1v) is 9.03. The number of aromatic nitrogens is 4. The summed E-state index contributed by atoms with van der Waals surface area (Å²) < 4.78 is 4.97. The third kappa shape index (κ3) is 3.87. The van der Waals surface area contributed by atoms with Crippen LogP contribution in [0.25, 0.3) is 11.1 Å². The number of nitrogens with zero attached hydrogens (tertiary/aromatic N) is 3. The Hall–Kier alpha value is -3.07. The van der Waals surface area contributed by atoms with E-state index in [0.29, 0.717) is 10.6 Å². The summed E-state index contributed by atoms with van der Waals surface area (Å²) in [6.07, 6.45) is -0.0486. The zero-order valence-electron chi connectivity index (χ0n) is 15.4. The first-order chi connectivity index (χ1) is 12.9. The van der Waals surface area contributed by atoms with Crippen LogP contribution in [0.3, 0.4) is 0 Å². The van der Waals surface area contributed by atoms with Gasteiger partial charge in [-0.15, -0.1) is 21.5 Å². The van der Waals surface area contributed by atoms with Gasteiger partial charge in [0.1, 0.15) is 10.6 Å². The van der Waals surface area contributed by atoms with Crippen LogP contribution >= 0.6 is 11.3 Å². The first-order valence-electron chi connectivity index (χ1n) is 8.22. The largest absolute Gasteiger partial charge is 0.465 e. The van der Waals surface area contributed by atoms with Crippen molar-refractivity contribution in [2.45, 2.75) is 27.2 Å². The predicted octanol–water partition coefficient (Wildman–Crippen LogP) is 2.82. The predicted molar refractivity (Wildman–Crippen MR) is 102 cm³/mol. The van der Waals surface area contributed by atoms with Crippen molar-refractivity contribution in [3.63, 3.8) is 0 Å². The number of nitrogens with one attached hydrogen (secondary N) is 2. The van der Waals surface area contributed by atoms with Gasteiger partial charge in [0.2, 0.25) is 5.91 Å². The number of aromatic amines is 1. The average molecular weight is 385 g/mol. The Morgan fingerprint density at radius 1 is 1.22 bits per heavy atom. The Balaban J connectivity index is 2.00. The van der Waals surface area contributed by atoms with E-state index in [4.69, 9.17) is 4.74 Å². The summed E-state index contributed by atoms with van der Waals surface area (Å²) in [5, 5.41) is 16.5.